The number of hydrogen-bond acceptors (Lipinski definition) is 3. The number of benzene rings is 1. The molecule has 0 aliphatic heterocycles. The summed E-state index contributed by atoms with van der Waals surface area (Å²) in [5, 5.41) is 7.57. The van der Waals surface area contributed by atoms with Crippen LogP contribution in [0.5, 0.6) is 0 Å². The molecule has 0 spiro atoms. The maximum Gasteiger partial charge on any atom is 0.118 e. The van der Waals surface area contributed by atoms with Crippen molar-refractivity contribution in [1.29, 1.82) is 0 Å². The van der Waals surface area contributed by atoms with Crippen LogP contribution in [0.1, 0.15) is 17.0 Å². The molecule has 0 atom stereocenters. The molecule has 1 aromatic heterocycles. The third-order valence-electron chi connectivity index (χ3n) is 2.75. The molecule has 0 amide bonds. The molecule has 0 N–H and O–H groups in total. The number of isothiocyanates is 1. The van der Waals surface area contributed by atoms with Crippen molar-refractivity contribution >= 4 is 34.7 Å². The Bertz CT molecular complexity index is 610. The average molecular weight is 278 g/mol. The van der Waals surface area contributed by atoms with E-state index in [1.807, 2.05) is 42.8 Å². The Morgan fingerprint density at radius 2 is 2.00 bits per heavy atom. The van der Waals surface area contributed by atoms with E-state index in [-0.39, 0.29) is 0 Å². The Morgan fingerprint density at radius 3 is 2.61 bits per heavy atom. The van der Waals surface area contributed by atoms with E-state index in [2.05, 4.69) is 27.5 Å². The summed E-state index contributed by atoms with van der Waals surface area (Å²) < 4.78 is 1.91. The quantitative estimate of drug-likeness (QED) is 0.628. The van der Waals surface area contributed by atoms with Crippen LogP contribution in [0.2, 0.25) is 5.02 Å². The fraction of sp³-hybridized carbons (Fsp3) is 0.231. The van der Waals surface area contributed by atoms with Crippen molar-refractivity contribution in [3.8, 4) is 0 Å². The van der Waals surface area contributed by atoms with Gasteiger partial charge in [-0.3, -0.25) is 4.68 Å². The Morgan fingerprint density at radius 1 is 1.33 bits per heavy atom. The van der Waals surface area contributed by atoms with Gasteiger partial charge < -0.3 is 0 Å². The van der Waals surface area contributed by atoms with Crippen LogP contribution in [-0.2, 0) is 6.54 Å². The summed E-state index contributed by atoms with van der Waals surface area (Å²) in [6.45, 7) is 4.58. The van der Waals surface area contributed by atoms with Gasteiger partial charge in [-0.25, -0.2) is 0 Å². The third-order valence-corrected chi connectivity index (χ3v) is 3.09. The summed E-state index contributed by atoms with van der Waals surface area (Å²) in [4.78, 5) is 4.04. The van der Waals surface area contributed by atoms with Crippen LogP contribution >= 0.6 is 23.8 Å². The Labute approximate surface area is 116 Å². The van der Waals surface area contributed by atoms with Crippen LogP contribution in [0.3, 0.4) is 0 Å². The first-order chi connectivity index (χ1) is 8.61. The number of hydrogen-bond donors (Lipinski definition) is 0. The van der Waals surface area contributed by atoms with E-state index in [9.17, 15) is 0 Å². The molecule has 92 valence electrons. The zero-order valence-electron chi connectivity index (χ0n) is 10.1. The molecule has 2 aromatic rings. The van der Waals surface area contributed by atoms with Crippen LogP contribution in [0.15, 0.2) is 29.3 Å². The lowest BCUT2D eigenvalue weighted by atomic mass is 10.2. The standard InChI is InChI=1S/C13H12ClN3S/c1-9-13(15-8-18)10(2)17(16-9)7-11-3-5-12(14)6-4-11/h3-6H,7H2,1-2H3. The third kappa shape index (κ3) is 2.67. The molecule has 0 aliphatic carbocycles. The second-order valence-corrected chi connectivity index (χ2v) is 4.63. The van der Waals surface area contributed by atoms with Crippen molar-refractivity contribution in [2.45, 2.75) is 20.4 Å². The van der Waals surface area contributed by atoms with Gasteiger partial charge >= 0.3 is 0 Å². The highest BCUT2D eigenvalue weighted by atomic mass is 35.5. The largest absolute Gasteiger partial charge is 0.263 e. The molecule has 0 saturated carbocycles. The van der Waals surface area contributed by atoms with E-state index in [0.29, 0.717) is 6.54 Å². The number of halogens is 1. The lowest BCUT2D eigenvalue weighted by Crippen LogP contribution is -2.03. The minimum absolute atomic E-state index is 0.691. The monoisotopic (exact) mass is 277 g/mol. The molecule has 0 unspecified atom stereocenters. The minimum atomic E-state index is 0.691. The van der Waals surface area contributed by atoms with Gasteiger partial charge in [-0.15, -0.1) is 0 Å². The van der Waals surface area contributed by atoms with E-state index in [0.717, 1.165) is 27.7 Å². The normalized spacial score (nSPS) is 10.2. The molecule has 0 saturated heterocycles. The second-order valence-electron chi connectivity index (χ2n) is 4.01. The molecular formula is C13H12ClN3S. The SMILES string of the molecule is Cc1nn(Cc2ccc(Cl)cc2)c(C)c1N=C=S. The van der Waals surface area contributed by atoms with Gasteiger partial charge in [0.15, 0.2) is 0 Å². The van der Waals surface area contributed by atoms with Gasteiger partial charge in [0, 0.05) is 5.02 Å². The average Bonchev–Trinajstić information content (AvgIpc) is 2.60. The molecule has 0 fully saturated rings. The zero-order chi connectivity index (χ0) is 13.1. The van der Waals surface area contributed by atoms with Crippen LogP contribution in [-0.4, -0.2) is 14.9 Å². The molecule has 0 aliphatic rings. The van der Waals surface area contributed by atoms with Gasteiger partial charge in [-0.2, -0.15) is 10.1 Å². The predicted molar refractivity (Wildman–Crippen MR) is 76.9 cm³/mol. The van der Waals surface area contributed by atoms with E-state index in [1.54, 1.807) is 0 Å². The van der Waals surface area contributed by atoms with E-state index < -0.39 is 0 Å². The molecule has 0 radical (unpaired) electrons. The summed E-state index contributed by atoms with van der Waals surface area (Å²) in [5.74, 6) is 0. The van der Waals surface area contributed by atoms with Crippen LogP contribution < -0.4 is 0 Å². The summed E-state index contributed by atoms with van der Waals surface area (Å²) in [5.41, 5.74) is 3.79. The Kier molecular flexibility index (Phi) is 3.92. The lowest BCUT2D eigenvalue weighted by molar-refractivity contribution is 0.659. The highest BCUT2D eigenvalue weighted by Crippen LogP contribution is 2.23. The first-order valence-electron chi connectivity index (χ1n) is 5.48. The first-order valence-corrected chi connectivity index (χ1v) is 6.26. The van der Waals surface area contributed by atoms with Gasteiger partial charge in [0.2, 0.25) is 0 Å². The van der Waals surface area contributed by atoms with Gasteiger partial charge in [0.05, 0.1) is 23.1 Å². The number of rotatable bonds is 3. The van der Waals surface area contributed by atoms with Gasteiger partial charge in [0.25, 0.3) is 0 Å². The highest BCUT2D eigenvalue weighted by Gasteiger charge is 2.10. The number of aryl methyl sites for hydroxylation is 1. The van der Waals surface area contributed by atoms with Crippen LogP contribution in [0.25, 0.3) is 0 Å². The fourth-order valence-electron chi connectivity index (χ4n) is 1.81. The number of thiocarbonyl (C=S) groups is 1. The van der Waals surface area contributed by atoms with Gasteiger partial charge in [-0.05, 0) is 43.8 Å². The number of aliphatic imine (C=N–C) groups is 1. The molecular weight excluding hydrogens is 266 g/mol. The summed E-state index contributed by atoms with van der Waals surface area (Å²) in [6.07, 6.45) is 0. The molecule has 3 nitrogen and oxygen atoms in total. The first kappa shape index (κ1) is 13.0. The topological polar surface area (TPSA) is 30.2 Å². The molecule has 2 rings (SSSR count). The molecule has 5 heteroatoms. The predicted octanol–water partition coefficient (Wildman–Crippen LogP) is 3.94. The molecule has 1 aromatic carbocycles. The highest BCUT2D eigenvalue weighted by molar-refractivity contribution is 7.78. The molecule has 18 heavy (non-hydrogen) atoms. The van der Waals surface area contributed by atoms with Crippen molar-refractivity contribution in [3.05, 3.63) is 46.2 Å². The fourth-order valence-corrected chi connectivity index (χ4v) is 2.03. The number of nitrogens with zero attached hydrogens (tertiary/aromatic N) is 3. The van der Waals surface area contributed by atoms with Crippen molar-refractivity contribution in [1.82, 2.24) is 9.78 Å². The van der Waals surface area contributed by atoms with Crippen LogP contribution in [0, 0.1) is 13.8 Å². The summed E-state index contributed by atoms with van der Waals surface area (Å²) >= 11 is 10.5. The maximum atomic E-state index is 5.86. The Hall–Kier alpha value is -1.48. The summed E-state index contributed by atoms with van der Waals surface area (Å²) in [7, 11) is 0. The van der Waals surface area contributed by atoms with Gasteiger partial charge in [0.1, 0.15) is 5.69 Å². The van der Waals surface area contributed by atoms with Gasteiger partial charge in [-0.1, -0.05) is 23.7 Å². The maximum absolute atomic E-state index is 5.86. The lowest BCUT2D eigenvalue weighted by Gasteiger charge is -2.04. The zero-order valence-corrected chi connectivity index (χ0v) is 11.7. The molecule has 1 heterocycles. The smallest absolute Gasteiger partial charge is 0.118 e. The van der Waals surface area contributed by atoms with E-state index in [4.69, 9.17) is 11.6 Å². The number of aromatic nitrogens is 2. The van der Waals surface area contributed by atoms with Crippen molar-refractivity contribution in [3.63, 3.8) is 0 Å². The van der Waals surface area contributed by atoms with Crippen molar-refractivity contribution < 1.29 is 0 Å². The van der Waals surface area contributed by atoms with E-state index >= 15 is 0 Å². The van der Waals surface area contributed by atoms with Crippen molar-refractivity contribution in [2.75, 3.05) is 0 Å². The summed E-state index contributed by atoms with van der Waals surface area (Å²) in [6, 6.07) is 7.72. The van der Waals surface area contributed by atoms with Crippen LogP contribution in [0.4, 0.5) is 5.69 Å². The van der Waals surface area contributed by atoms with E-state index in [1.165, 1.54) is 0 Å². The second kappa shape index (κ2) is 5.44. The molecule has 0 bridgehead atoms. The van der Waals surface area contributed by atoms with Crippen molar-refractivity contribution in [2.24, 2.45) is 4.99 Å². The minimum Gasteiger partial charge on any atom is -0.263 e. The Balaban J connectivity index is 2.32.